The Labute approximate surface area is 199 Å². The highest BCUT2D eigenvalue weighted by molar-refractivity contribution is 7.90. The van der Waals surface area contributed by atoms with Gasteiger partial charge in [0.2, 0.25) is 0 Å². The first kappa shape index (κ1) is 23.1. The van der Waals surface area contributed by atoms with Crippen LogP contribution in [0, 0.1) is 5.82 Å². The lowest BCUT2D eigenvalue weighted by Crippen LogP contribution is -2.22. The van der Waals surface area contributed by atoms with Gasteiger partial charge in [0.25, 0.3) is 5.91 Å². The van der Waals surface area contributed by atoms with Gasteiger partial charge in [0.1, 0.15) is 5.82 Å². The van der Waals surface area contributed by atoms with Crippen LogP contribution in [0.25, 0.3) is 21.7 Å². The Morgan fingerprint density at radius 1 is 1.03 bits per heavy atom. The fourth-order valence-corrected chi connectivity index (χ4v) is 5.03. The van der Waals surface area contributed by atoms with Crippen LogP contribution in [0.4, 0.5) is 4.39 Å². The monoisotopic (exact) mass is 500 g/mol. The largest absolute Gasteiger partial charge is 0.346 e. The third-order valence-corrected chi connectivity index (χ3v) is 7.29. The van der Waals surface area contributed by atoms with Gasteiger partial charge in [0, 0.05) is 23.4 Å². The summed E-state index contributed by atoms with van der Waals surface area (Å²) in [6, 6.07) is 19.4. The van der Waals surface area contributed by atoms with E-state index in [0.717, 1.165) is 11.8 Å². The number of sulfone groups is 1. The number of carbonyl (C=O) groups is 1. The zero-order chi connectivity index (χ0) is 23.6. The number of halogens is 2. The van der Waals surface area contributed by atoms with Gasteiger partial charge in [-0.3, -0.25) is 4.79 Å². The first-order valence-corrected chi connectivity index (χ1v) is 12.9. The van der Waals surface area contributed by atoms with Crippen molar-refractivity contribution in [3.05, 3.63) is 94.2 Å². The van der Waals surface area contributed by atoms with Crippen molar-refractivity contribution in [3.63, 3.8) is 0 Å². The number of nitrogens with one attached hydrogen (secondary N) is 1. The molecule has 0 atom stereocenters. The fourth-order valence-electron chi connectivity index (χ4n) is 3.17. The summed E-state index contributed by atoms with van der Waals surface area (Å²) in [6.07, 6.45) is 1.14. The van der Waals surface area contributed by atoms with Crippen LogP contribution >= 0.6 is 22.9 Å². The highest BCUT2D eigenvalue weighted by Crippen LogP contribution is 2.37. The van der Waals surface area contributed by atoms with Crippen molar-refractivity contribution in [2.75, 3.05) is 6.26 Å². The maximum atomic E-state index is 13.5. The van der Waals surface area contributed by atoms with Crippen LogP contribution in [-0.4, -0.2) is 25.6 Å². The predicted molar refractivity (Wildman–Crippen MR) is 129 cm³/mol. The molecule has 0 saturated carbocycles. The molecule has 0 fully saturated rings. The summed E-state index contributed by atoms with van der Waals surface area (Å²) in [7, 11) is -3.34. The van der Waals surface area contributed by atoms with E-state index in [4.69, 9.17) is 11.6 Å². The van der Waals surface area contributed by atoms with Gasteiger partial charge in [-0.05, 0) is 59.7 Å². The van der Waals surface area contributed by atoms with Gasteiger partial charge in [-0.1, -0.05) is 35.9 Å². The highest BCUT2D eigenvalue weighted by atomic mass is 35.5. The summed E-state index contributed by atoms with van der Waals surface area (Å²) in [5.74, 6) is -0.741. The van der Waals surface area contributed by atoms with Crippen molar-refractivity contribution in [2.45, 2.75) is 11.4 Å². The minimum atomic E-state index is -3.34. The van der Waals surface area contributed by atoms with Gasteiger partial charge < -0.3 is 5.32 Å². The molecule has 0 unspecified atom stereocenters. The normalized spacial score (nSPS) is 11.4. The molecular weight excluding hydrogens is 483 g/mol. The van der Waals surface area contributed by atoms with E-state index >= 15 is 0 Å². The maximum Gasteiger partial charge on any atom is 0.280 e. The molecule has 0 aliphatic rings. The highest BCUT2D eigenvalue weighted by Gasteiger charge is 2.20. The second-order valence-electron chi connectivity index (χ2n) is 7.31. The maximum absolute atomic E-state index is 13.5. The lowest BCUT2D eigenvalue weighted by atomic mass is 10.1. The smallest absolute Gasteiger partial charge is 0.280 e. The molecule has 1 aromatic heterocycles. The molecule has 4 rings (SSSR count). The molecule has 0 saturated heterocycles. The van der Waals surface area contributed by atoms with E-state index in [1.807, 2.05) is 6.07 Å². The molecule has 1 amide bonds. The number of amides is 1. The van der Waals surface area contributed by atoms with Gasteiger partial charge in [-0.2, -0.15) is 0 Å². The van der Waals surface area contributed by atoms with Crippen molar-refractivity contribution < 1.29 is 17.6 Å². The SMILES string of the molecule is CS(=O)(=O)c1ccc(-c2sc(C(=O)NCc3cccc(Cl)c3)nc2-c2ccc(F)cc2)cc1. The quantitative estimate of drug-likeness (QED) is 0.373. The summed E-state index contributed by atoms with van der Waals surface area (Å²) in [5, 5.41) is 3.65. The third kappa shape index (κ3) is 5.47. The Hall–Kier alpha value is -3.07. The molecule has 1 N–H and O–H groups in total. The van der Waals surface area contributed by atoms with E-state index in [0.29, 0.717) is 26.7 Å². The van der Waals surface area contributed by atoms with Crippen LogP contribution < -0.4 is 5.32 Å². The van der Waals surface area contributed by atoms with Crippen molar-refractivity contribution >= 4 is 38.7 Å². The number of hydrogen-bond donors (Lipinski definition) is 1. The molecule has 4 aromatic rings. The lowest BCUT2D eigenvalue weighted by molar-refractivity contribution is 0.0950. The number of rotatable bonds is 6. The van der Waals surface area contributed by atoms with Gasteiger partial charge in [0.05, 0.1) is 15.5 Å². The minimum absolute atomic E-state index is 0.193. The van der Waals surface area contributed by atoms with E-state index in [1.54, 1.807) is 42.5 Å². The van der Waals surface area contributed by atoms with Gasteiger partial charge in [0.15, 0.2) is 14.8 Å². The molecule has 1 heterocycles. The molecule has 168 valence electrons. The molecule has 3 aromatic carbocycles. The van der Waals surface area contributed by atoms with E-state index in [-0.39, 0.29) is 28.2 Å². The van der Waals surface area contributed by atoms with Crippen LogP contribution in [0.15, 0.2) is 77.7 Å². The lowest BCUT2D eigenvalue weighted by Gasteiger charge is -2.04. The van der Waals surface area contributed by atoms with Gasteiger partial charge in [-0.25, -0.2) is 17.8 Å². The zero-order valence-corrected chi connectivity index (χ0v) is 19.8. The second kappa shape index (κ2) is 9.43. The van der Waals surface area contributed by atoms with Crippen molar-refractivity contribution in [1.82, 2.24) is 10.3 Å². The van der Waals surface area contributed by atoms with Crippen LogP contribution in [0.5, 0.6) is 0 Å². The first-order valence-electron chi connectivity index (χ1n) is 9.80. The number of carbonyl (C=O) groups excluding carboxylic acids is 1. The first-order chi connectivity index (χ1) is 15.7. The molecule has 0 spiro atoms. The van der Waals surface area contributed by atoms with E-state index < -0.39 is 9.84 Å². The molecule has 0 aliphatic carbocycles. The topological polar surface area (TPSA) is 76.1 Å². The Bertz CT molecular complexity index is 1420. The zero-order valence-electron chi connectivity index (χ0n) is 17.4. The van der Waals surface area contributed by atoms with E-state index in [9.17, 15) is 17.6 Å². The van der Waals surface area contributed by atoms with Gasteiger partial charge in [-0.15, -0.1) is 11.3 Å². The fraction of sp³-hybridized carbons (Fsp3) is 0.0833. The van der Waals surface area contributed by atoms with Crippen LogP contribution in [0.3, 0.4) is 0 Å². The number of benzene rings is 3. The molecule has 5 nitrogen and oxygen atoms in total. The number of thiazole rings is 1. The summed E-state index contributed by atoms with van der Waals surface area (Å²) in [5.41, 5.74) is 2.71. The summed E-state index contributed by atoms with van der Waals surface area (Å²) in [4.78, 5) is 18.2. The predicted octanol–water partition coefficient (Wildman–Crippen LogP) is 5.60. The number of hydrogen-bond acceptors (Lipinski definition) is 5. The number of nitrogens with zero attached hydrogens (tertiary/aromatic N) is 1. The third-order valence-electron chi connectivity index (χ3n) is 4.83. The van der Waals surface area contributed by atoms with E-state index in [2.05, 4.69) is 10.3 Å². The molecule has 0 bridgehead atoms. The Balaban J connectivity index is 1.69. The molecule has 9 heteroatoms. The Morgan fingerprint density at radius 3 is 2.33 bits per heavy atom. The number of aromatic nitrogens is 1. The minimum Gasteiger partial charge on any atom is -0.346 e. The second-order valence-corrected chi connectivity index (χ2v) is 10.8. The molecule has 0 aliphatic heterocycles. The molecule has 33 heavy (non-hydrogen) atoms. The van der Waals surface area contributed by atoms with E-state index in [1.165, 1.54) is 35.6 Å². The van der Waals surface area contributed by atoms with Crippen molar-refractivity contribution in [3.8, 4) is 21.7 Å². The average molecular weight is 501 g/mol. The van der Waals surface area contributed by atoms with Crippen molar-refractivity contribution in [2.24, 2.45) is 0 Å². The summed E-state index contributed by atoms with van der Waals surface area (Å²) in [6.45, 7) is 0.281. The average Bonchev–Trinajstić information content (AvgIpc) is 3.23. The summed E-state index contributed by atoms with van der Waals surface area (Å²) >= 11 is 7.18. The standard InChI is InChI=1S/C24H18ClFN2O3S2/c1-33(30,31)20-11-7-17(8-12-20)22-21(16-5-9-19(26)10-6-16)28-24(32-22)23(29)27-14-15-3-2-4-18(25)13-15/h2-13H,14H2,1H3,(H,27,29). The van der Waals surface area contributed by atoms with Crippen LogP contribution in [0.1, 0.15) is 15.4 Å². The van der Waals surface area contributed by atoms with Crippen LogP contribution in [0.2, 0.25) is 5.02 Å². The van der Waals surface area contributed by atoms with Crippen LogP contribution in [-0.2, 0) is 16.4 Å². The Morgan fingerprint density at radius 2 is 1.70 bits per heavy atom. The van der Waals surface area contributed by atoms with Gasteiger partial charge >= 0.3 is 0 Å². The summed E-state index contributed by atoms with van der Waals surface area (Å²) < 4.78 is 37.1. The molecular formula is C24H18ClFN2O3S2. The Kier molecular flexibility index (Phi) is 6.60. The molecule has 0 radical (unpaired) electrons. The van der Waals surface area contributed by atoms with Crippen molar-refractivity contribution in [1.29, 1.82) is 0 Å².